The Bertz CT molecular complexity index is 198. The van der Waals surface area contributed by atoms with Gasteiger partial charge in [-0.05, 0) is 18.9 Å². The predicted octanol–water partition coefficient (Wildman–Crippen LogP) is 0.161. The highest BCUT2D eigenvalue weighted by Crippen LogP contribution is 2.21. The SMILES string of the molecule is CCC1(O)NC(=O)C=C1C. The molecule has 1 unspecified atom stereocenters. The largest absolute Gasteiger partial charge is 0.367 e. The average Bonchev–Trinajstić information content (AvgIpc) is 2.09. The highest BCUT2D eigenvalue weighted by molar-refractivity contribution is 5.92. The van der Waals surface area contributed by atoms with Crippen molar-refractivity contribution in [3.05, 3.63) is 11.6 Å². The summed E-state index contributed by atoms with van der Waals surface area (Å²) < 4.78 is 0. The summed E-state index contributed by atoms with van der Waals surface area (Å²) in [6.07, 6.45) is 1.94. The lowest BCUT2D eigenvalue weighted by Crippen LogP contribution is -2.43. The first-order chi connectivity index (χ1) is 4.58. The summed E-state index contributed by atoms with van der Waals surface area (Å²) in [6.45, 7) is 3.56. The van der Waals surface area contributed by atoms with E-state index in [1.165, 1.54) is 6.08 Å². The van der Waals surface area contributed by atoms with E-state index >= 15 is 0 Å². The first-order valence-electron chi connectivity index (χ1n) is 3.32. The molecule has 0 saturated carbocycles. The van der Waals surface area contributed by atoms with Crippen molar-refractivity contribution in [1.82, 2.24) is 5.32 Å². The maximum Gasteiger partial charge on any atom is 0.246 e. The zero-order chi connectivity index (χ0) is 7.78. The van der Waals surface area contributed by atoms with E-state index in [9.17, 15) is 9.90 Å². The van der Waals surface area contributed by atoms with E-state index in [1.807, 2.05) is 6.92 Å². The molecular formula is C7H11NO2. The first-order valence-corrected chi connectivity index (χ1v) is 3.32. The topological polar surface area (TPSA) is 49.3 Å². The molecule has 56 valence electrons. The molecule has 2 N–H and O–H groups in total. The van der Waals surface area contributed by atoms with Crippen molar-refractivity contribution < 1.29 is 9.90 Å². The second-order valence-electron chi connectivity index (χ2n) is 2.53. The Morgan fingerprint density at radius 2 is 2.40 bits per heavy atom. The van der Waals surface area contributed by atoms with Gasteiger partial charge in [-0.15, -0.1) is 0 Å². The van der Waals surface area contributed by atoms with Crippen LogP contribution in [-0.4, -0.2) is 16.7 Å². The van der Waals surface area contributed by atoms with Crippen molar-refractivity contribution in [1.29, 1.82) is 0 Å². The summed E-state index contributed by atoms with van der Waals surface area (Å²) in [6, 6.07) is 0. The van der Waals surface area contributed by atoms with Crippen LogP contribution in [0.1, 0.15) is 20.3 Å². The van der Waals surface area contributed by atoms with Gasteiger partial charge in [0.1, 0.15) is 0 Å². The summed E-state index contributed by atoms with van der Waals surface area (Å²) in [7, 11) is 0. The van der Waals surface area contributed by atoms with Crippen LogP contribution in [0.3, 0.4) is 0 Å². The van der Waals surface area contributed by atoms with Crippen LogP contribution in [-0.2, 0) is 4.79 Å². The molecule has 0 bridgehead atoms. The fourth-order valence-corrected chi connectivity index (χ4v) is 1.02. The van der Waals surface area contributed by atoms with Crippen LogP contribution in [0.5, 0.6) is 0 Å². The van der Waals surface area contributed by atoms with E-state index in [-0.39, 0.29) is 5.91 Å². The monoisotopic (exact) mass is 141 g/mol. The minimum Gasteiger partial charge on any atom is -0.367 e. The molecule has 0 spiro atoms. The second kappa shape index (κ2) is 2.09. The lowest BCUT2D eigenvalue weighted by Gasteiger charge is -2.22. The van der Waals surface area contributed by atoms with Crippen molar-refractivity contribution in [2.75, 3.05) is 0 Å². The van der Waals surface area contributed by atoms with Gasteiger partial charge in [0, 0.05) is 6.08 Å². The van der Waals surface area contributed by atoms with Crippen molar-refractivity contribution in [2.24, 2.45) is 0 Å². The Labute approximate surface area is 59.7 Å². The second-order valence-corrected chi connectivity index (χ2v) is 2.53. The van der Waals surface area contributed by atoms with E-state index in [4.69, 9.17) is 0 Å². The standard InChI is InChI=1S/C7H11NO2/c1-3-7(10)5(2)4-6(9)8-7/h4,10H,3H2,1-2H3,(H,8,9). The van der Waals surface area contributed by atoms with Gasteiger partial charge in [-0.1, -0.05) is 6.92 Å². The van der Waals surface area contributed by atoms with Crippen LogP contribution in [0.4, 0.5) is 0 Å². The molecule has 0 saturated heterocycles. The normalized spacial score (nSPS) is 31.9. The lowest BCUT2D eigenvalue weighted by molar-refractivity contribution is -0.120. The smallest absolute Gasteiger partial charge is 0.246 e. The molecule has 1 aliphatic rings. The lowest BCUT2D eigenvalue weighted by atomic mass is 10.1. The summed E-state index contributed by atoms with van der Waals surface area (Å²) >= 11 is 0. The van der Waals surface area contributed by atoms with Crippen LogP contribution < -0.4 is 5.32 Å². The molecule has 3 nitrogen and oxygen atoms in total. The van der Waals surface area contributed by atoms with Crippen molar-refractivity contribution in [2.45, 2.75) is 26.0 Å². The Kier molecular flexibility index (Phi) is 1.52. The molecule has 0 aromatic heterocycles. The molecule has 1 rings (SSSR count). The third-order valence-corrected chi connectivity index (χ3v) is 1.84. The third-order valence-electron chi connectivity index (χ3n) is 1.84. The van der Waals surface area contributed by atoms with E-state index in [0.29, 0.717) is 12.0 Å². The maximum absolute atomic E-state index is 10.7. The average molecular weight is 141 g/mol. The Balaban J connectivity index is 2.86. The third kappa shape index (κ3) is 0.926. The molecule has 10 heavy (non-hydrogen) atoms. The molecule has 0 aromatic carbocycles. The highest BCUT2D eigenvalue weighted by Gasteiger charge is 2.33. The zero-order valence-electron chi connectivity index (χ0n) is 6.14. The van der Waals surface area contributed by atoms with Gasteiger partial charge in [-0.3, -0.25) is 4.79 Å². The van der Waals surface area contributed by atoms with Gasteiger partial charge in [0.15, 0.2) is 5.72 Å². The highest BCUT2D eigenvalue weighted by atomic mass is 16.3. The van der Waals surface area contributed by atoms with Crippen molar-refractivity contribution in [3.63, 3.8) is 0 Å². The van der Waals surface area contributed by atoms with Gasteiger partial charge in [-0.25, -0.2) is 0 Å². The van der Waals surface area contributed by atoms with Gasteiger partial charge in [-0.2, -0.15) is 0 Å². The molecule has 1 amide bonds. The van der Waals surface area contributed by atoms with Crippen LogP contribution in [0.25, 0.3) is 0 Å². The fraction of sp³-hybridized carbons (Fsp3) is 0.571. The van der Waals surface area contributed by atoms with E-state index in [2.05, 4.69) is 5.32 Å². The van der Waals surface area contributed by atoms with Crippen LogP contribution >= 0.6 is 0 Å². The van der Waals surface area contributed by atoms with Crippen LogP contribution in [0.15, 0.2) is 11.6 Å². The van der Waals surface area contributed by atoms with Crippen molar-refractivity contribution >= 4 is 5.91 Å². The molecule has 1 heterocycles. The number of nitrogens with one attached hydrogen (secondary N) is 1. The molecule has 3 heteroatoms. The van der Waals surface area contributed by atoms with Gasteiger partial charge in [0.05, 0.1) is 0 Å². The Hall–Kier alpha value is -0.830. The molecular weight excluding hydrogens is 130 g/mol. The fourth-order valence-electron chi connectivity index (χ4n) is 1.02. The quantitative estimate of drug-likeness (QED) is 0.546. The Morgan fingerprint density at radius 3 is 2.60 bits per heavy atom. The minimum atomic E-state index is -1.07. The number of carbonyl (C=O) groups excluding carboxylic acids is 1. The molecule has 0 fully saturated rings. The first kappa shape index (κ1) is 7.28. The van der Waals surface area contributed by atoms with Gasteiger partial charge in [0.2, 0.25) is 5.91 Å². The summed E-state index contributed by atoms with van der Waals surface area (Å²) in [5.74, 6) is -0.207. The van der Waals surface area contributed by atoms with E-state index in [1.54, 1.807) is 6.92 Å². The minimum absolute atomic E-state index is 0.207. The van der Waals surface area contributed by atoms with Crippen molar-refractivity contribution in [3.8, 4) is 0 Å². The van der Waals surface area contributed by atoms with E-state index in [0.717, 1.165) is 0 Å². The number of aliphatic hydroxyl groups is 1. The summed E-state index contributed by atoms with van der Waals surface area (Å²) in [4.78, 5) is 10.7. The number of hydrogen-bond acceptors (Lipinski definition) is 2. The predicted molar refractivity (Wildman–Crippen MR) is 37.1 cm³/mol. The van der Waals surface area contributed by atoms with Gasteiger partial charge < -0.3 is 10.4 Å². The van der Waals surface area contributed by atoms with Gasteiger partial charge in [0.25, 0.3) is 0 Å². The van der Waals surface area contributed by atoms with Gasteiger partial charge >= 0.3 is 0 Å². The molecule has 0 radical (unpaired) electrons. The zero-order valence-corrected chi connectivity index (χ0v) is 6.14. The maximum atomic E-state index is 10.7. The van der Waals surface area contributed by atoms with E-state index < -0.39 is 5.72 Å². The van der Waals surface area contributed by atoms with Crippen LogP contribution in [0, 0.1) is 0 Å². The molecule has 0 aromatic rings. The van der Waals surface area contributed by atoms with Crippen LogP contribution in [0.2, 0.25) is 0 Å². The number of amides is 1. The number of hydrogen-bond donors (Lipinski definition) is 2. The molecule has 1 aliphatic heterocycles. The number of rotatable bonds is 1. The number of carbonyl (C=O) groups is 1. The summed E-state index contributed by atoms with van der Waals surface area (Å²) in [5.41, 5.74) is -0.378. The molecule has 0 aliphatic carbocycles. The summed E-state index contributed by atoms with van der Waals surface area (Å²) in [5, 5.41) is 12.0. The molecule has 1 atom stereocenters. The Morgan fingerprint density at radius 1 is 1.80 bits per heavy atom.